The Kier molecular flexibility index (Phi) is 10.2. The van der Waals surface area contributed by atoms with Crippen LogP contribution in [0.15, 0.2) is 36.5 Å². The van der Waals surface area contributed by atoms with E-state index >= 15 is 0 Å². The molecule has 1 nitrogen and oxygen atoms in total. The third-order valence-electron chi connectivity index (χ3n) is 1.67. The Morgan fingerprint density at radius 2 is 1.81 bits per heavy atom. The maximum absolute atomic E-state index is 9.36. The van der Waals surface area contributed by atoms with Gasteiger partial charge in [0, 0.05) is 0 Å². The number of aliphatic hydroxyl groups is 1. The Bertz CT molecular complexity index is 364. The summed E-state index contributed by atoms with van der Waals surface area (Å²) in [5, 5.41) is 9.36. The van der Waals surface area contributed by atoms with E-state index in [1.54, 1.807) is 30.4 Å². The van der Waals surface area contributed by atoms with Crippen LogP contribution in [0.2, 0.25) is 0 Å². The number of allylic oxidation sites excluding steroid dienone is 5. The molecular formula is C15H18O. The van der Waals surface area contributed by atoms with Crippen molar-refractivity contribution in [2.24, 2.45) is 0 Å². The molecule has 0 spiro atoms. The molecule has 0 aliphatic carbocycles. The summed E-state index contributed by atoms with van der Waals surface area (Å²) in [5.74, 6) is 10.9. The monoisotopic (exact) mass is 214 g/mol. The second kappa shape index (κ2) is 11.4. The van der Waals surface area contributed by atoms with E-state index in [1.165, 1.54) is 0 Å². The fourth-order valence-corrected chi connectivity index (χ4v) is 0.927. The number of aliphatic hydroxyl groups excluding tert-OH is 1. The lowest BCUT2D eigenvalue weighted by atomic mass is 10.2. The quantitative estimate of drug-likeness (QED) is 0.563. The van der Waals surface area contributed by atoms with Crippen molar-refractivity contribution in [2.45, 2.75) is 32.8 Å². The van der Waals surface area contributed by atoms with Gasteiger partial charge in [0.05, 0.1) is 6.10 Å². The third-order valence-corrected chi connectivity index (χ3v) is 1.67. The minimum absolute atomic E-state index is 0.350. The molecule has 0 amide bonds. The fourth-order valence-electron chi connectivity index (χ4n) is 0.927. The summed E-state index contributed by atoms with van der Waals surface area (Å²) >= 11 is 0. The molecule has 0 aromatic heterocycles. The highest BCUT2D eigenvalue weighted by Gasteiger charge is 1.92. The van der Waals surface area contributed by atoms with Gasteiger partial charge >= 0.3 is 0 Å². The zero-order valence-electron chi connectivity index (χ0n) is 9.90. The molecule has 0 aromatic carbocycles. The molecule has 0 heterocycles. The number of hydrogen-bond donors (Lipinski definition) is 1. The molecule has 16 heavy (non-hydrogen) atoms. The Morgan fingerprint density at radius 1 is 1.12 bits per heavy atom. The first-order chi connectivity index (χ1) is 7.81. The number of hydrogen-bond acceptors (Lipinski definition) is 1. The van der Waals surface area contributed by atoms with E-state index in [-0.39, 0.29) is 6.10 Å². The minimum atomic E-state index is -0.350. The summed E-state index contributed by atoms with van der Waals surface area (Å²) in [6.45, 7) is 3.95. The fraction of sp³-hybridized carbons (Fsp3) is 0.333. The van der Waals surface area contributed by atoms with Crippen molar-refractivity contribution < 1.29 is 5.11 Å². The van der Waals surface area contributed by atoms with Crippen molar-refractivity contribution in [3.63, 3.8) is 0 Å². The molecule has 1 heteroatoms. The Labute approximate surface area is 98.6 Å². The Balaban J connectivity index is 3.90. The second-order valence-corrected chi connectivity index (χ2v) is 3.14. The van der Waals surface area contributed by atoms with Crippen LogP contribution in [0.5, 0.6) is 0 Å². The van der Waals surface area contributed by atoms with Crippen molar-refractivity contribution in [3.8, 4) is 23.7 Å². The summed E-state index contributed by atoms with van der Waals surface area (Å²) in [6, 6.07) is 0. The summed E-state index contributed by atoms with van der Waals surface area (Å²) in [7, 11) is 0. The lowest BCUT2D eigenvalue weighted by molar-refractivity contribution is 0.211. The topological polar surface area (TPSA) is 20.2 Å². The normalized spacial score (nSPS) is 12.4. The number of rotatable bonds is 4. The molecule has 0 saturated carbocycles. The summed E-state index contributed by atoms with van der Waals surface area (Å²) in [5.41, 5.74) is 0. The van der Waals surface area contributed by atoms with Gasteiger partial charge in [-0.25, -0.2) is 0 Å². The van der Waals surface area contributed by atoms with E-state index in [1.807, 2.05) is 19.9 Å². The van der Waals surface area contributed by atoms with Gasteiger partial charge in [-0.2, -0.15) is 0 Å². The van der Waals surface area contributed by atoms with E-state index in [0.717, 1.165) is 12.8 Å². The maximum Gasteiger partial charge on any atom is 0.0723 e. The van der Waals surface area contributed by atoms with Gasteiger partial charge in [-0.3, -0.25) is 0 Å². The smallest absolute Gasteiger partial charge is 0.0723 e. The Hall–Kier alpha value is -1.70. The van der Waals surface area contributed by atoms with Crippen molar-refractivity contribution in [1.29, 1.82) is 0 Å². The van der Waals surface area contributed by atoms with Crippen LogP contribution in [0.25, 0.3) is 0 Å². The van der Waals surface area contributed by atoms with Gasteiger partial charge in [0.2, 0.25) is 0 Å². The summed E-state index contributed by atoms with van der Waals surface area (Å²) < 4.78 is 0. The zero-order chi connectivity index (χ0) is 12.1. The maximum atomic E-state index is 9.36. The van der Waals surface area contributed by atoms with Crippen molar-refractivity contribution in [2.75, 3.05) is 0 Å². The van der Waals surface area contributed by atoms with Gasteiger partial charge in [0.15, 0.2) is 0 Å². The molecule has 0 aliphatic heterocycles. The van der Waals surface area contributed by atoms with E-state index < -0.39 is 0 Å². The van der Waals surface area contributed by atoms with Gasteiger partial charge in [0.25, 0.3) is 0 Å². The molecular weight excluding hydrogens is 196 g/mol. The largest absolute Gasteiger partial charge is 0.389 e. The van der Waals surface area contributed by atoms with Crippen LogP contribution in [0, 0.1) is 23.7 Å². The van der Waals surface area contributed by atoms with Crippen molar-refractivity contribution >= 4 is 0 Å². The van der Waals surface area contributed by atoms with Crippen LogP contribution in [-0.2, 0) is 0 Å². The molecule has 0 saturated heterocycles. The zero-order valence-corrected chi connectivity index (χ0v) is 9.90. The molecule has 1 atom stereocenters. The highest BCUT2D eigenvalue weighted by atomic mass is 16.3. The van der Waals surface area contributed by atoms with Crippen molar-refractivity contribution in [3.05, 3.63) is 36.5 Å². The predicted octanol–water partition coefficient (Wildman–Crippen LogP) is 2.84. The molecule has 1 N–H and O–H groups in total. The van der Waals surface area contributed by atoms with Gasteiger partial charge in [-0.15, -0.1) is 0 Å². The molecule has 0 rings (SSSR count). The molecule has 0 aliphatic rings. The summed E-state index contributed by atoms with van der Waals surface area (Å²) in [4.78, 5) is 0. The van der Waals surface area contributed by atoms with Crippen molar-refractivity contribution in [1.82, 2.24) is 0 Å². The van der Waals surface area contributed by atoms with Crippen LogP contribution in [0.4, 0.5) is 0 Å². The van der Waals surface area contributed by atoms with Crippen LogP contribution < -0.4 is 0 Å². The average Bonchev–Trinajstić information content (AvgIpc) is 2.27. The molecule has 0 fully saturated rings. The SMILES string of the molecule is C/C=C/C#CC#C/C=C\C=C\C(O)CCC. The van der Waals surface area contributed by atoms with E-state index in [4.69, 9.17) is 0 Å². The van der Waals surface area contributed by atoms with Gasteiger partial charge in [-0.05, 0) is 37.3 Å². The highest BCUT2D eigenvalue weighted by Crippen LogP contribution is 1.96. The molecule has 0 radical (unpaired) electrons. The first-order valence-corrected chi connectivity index (χ1v) is 5.44. The van der Waals surface area contributed by atoms with Gasteiger partial charge in [0.1, 0.15) is 0 Å². The molecule has 0 bridgehead atoms. The van der Waals surface area contributed by atoms with Crippen LogP contribution >= 0.6 is 0 Å². The standard InChI is InChI=1S/C15H18O/c1-3-5-6-7-8-9-10-11-12-14-15(16)13-4-2/h3,5,10-12,14-16H,4,13H2,1-2H3/b5-3+,11-10-,14-12+. The Morgan fingerprint density at radius 3 is 2.44 bits per heavy atom. The van der Waals surface area contributed by atoms with E-state index in [0.29, 0.717) is 0 Å². The molecule has 84 valence electrons. The lowest BCUT2D eigenvalue weighted by Crippen LogP contribution is -1.99. The molecule has 1 unspecified atom stereocenters. The van der Waals surface area contributed by atoms with E-state index in [2.05, 4.69) is 23.7 Å². The lowest BCUT2D eigenvalue weighted by Gasteiger charge is -1.99. The second-order valence-electron chi connectivity index (χ2n) is 3.14. The highest BCUT2D eigenvalue weighted by molar-refractivity contribution is 5.34. The summed E-state index contributed by atoms with van der Waals surface area (Å²) in [6.07, 6.45) is 12.1. The van der Waals surface area contributed by atoms with Gasteiger partial charge < -0.3 is 5.11 Å². The predicted molar refractivity (Wildman–Crippen MR) is 69.6 cm³/mol. The van der Waals surface area contributed by atoms with Crippen LogP contribution in [-0.4, -0.2) is 11.2 Å². The molecule has 0 aromatic rings. The van der Waals surface area contributed by atoms with E-state index in [9.17, 15) is 5.11 Å². The first kappa shape index (κ1) is 14.3. The van der Waals surface area contributed by atoms with Crippen LogP contribution in [0.1, 0.15) is 26.7 Å². The minimum Gasteiger partial charge on any atom is -0.389 e. The van der Waals surface area contributed by atoms with Crippen LogP contribution in [0.3, 0.4) is 0 Å². The third kappa shape index (κ3) is 10.4. The van der Waals surface area contributed by atoms with Gasteiger partial charge in [-0.1, -0.05) is 49.5 Å². The first-order valence-electron chi connectivity index (χ1n) is 5.44. The average molecular weight is 214 g/mol.